The molecule has 3 heterocycles. The molecule has 0 radical (unpaired) electrons. The second-order valence-electron chi connectivity index (χ2n) is 8.70. The number of unbranched alkanes of at least 4 members (excludes halogenated alkanes) is 1. The Hall–Kier alpha value is -4.20. The van der Waals surface area contributed by atoms with Crippen molar-refractivity contribution in [2.24, 2.45) is 0 Å². The lowest BCUT2D eigenvalue weighted by atomic mass is 9.98. The number of carbonyl (C=O) groups excluding carboxylic acids is 1. The number of methoxy groups -OCH3 is 1. The van der Waals surface area contributed by atoms with Gasteiger partial charge in [-0.3, -0.25) is 14.5 Å². The topological polar surface area (TPSA) is 81.9 Å². The third-order valence-electron chi connectivity index (χ3n) is 6.23. The first-order valence-electron chi connectivity index (χ1n) is 11.8. The number of halogens is 1. The van der Waals surface area contributed by atoms with Crippen LogP contribution in [0.2, 0.25) is 0 Å². The van der Waals surface area contributed by atoms with Gasteiger partial charge in [0, 0.05) is 6.20 Å². The van der Waals surface area contributed by atoms with Gasteiger partial charge < -0.3 is 13.9 Å². The number of hydrogen-bond acceptors (Lipinski definition) is 6. The zero-order chi connectivity index (χ0) is 25.4. The lowest BCUT2D eigenvalue weighted by molar-refractivity contribution is 0.0970. The molecule has 7 nitrogen and oxygen atoms in total. The van der Waals surface area contributed by atoms with Crippen molar-refractivity contribution in [1.29, 1.82) is 0 Å². The summed E-state index contributed by atoms with van der Waals surface area (Å²) in [6.45, 7) is 4.51. The number of fused-ring (bicyclic) bond motifs is 2. The molecule has 0 fully saturated rings. The molecule has 1 aliphatic rings. The van der Waals surface area contributed by atoms with E-state index >= 15 is 0 Å². The molecular weight excluding hydrogens is 463 g/mol. The fourth-order valence-electron chi connectivity index (χ4n) is 4.40. The Morgan fingerprint density at radius 2 is 1.92 bits per heavy atom. The molecule has 36 heavy (non-hydrogen) atoms. The van der Waals surface area contributed by atoms with Crippen molar-refractivity contribution >= 4 is 22.7 Å². The van der Waals surface area contributed by atoms with Gasteiger partial charge in [-0.05, 0) is 60.9 Å². The average Bonchev–Trinajstić information content (AvgIpc) is 3.17. The molecule has 1 amide bonds. The van der Waals surface area contributed by atoms with Crippen LogP contribution >= 0.6 is 0 Å². The van der Waals surface area contributed by atoms with Gasteiger partial charge in [0.1, 0.15) is 17.2 Å². The number of aromatic nitrogens is 1. The summed E-state index contributed by atoms with van der Waals surface area (Å²) in [4.78, 5) is 33.2. The van der Waals surface area contributed by atoms with E-state index in [1.54, 1.807) is 30.5 Å². The van der Waals surface area contributed by atoms with Gasteiger partial charge in [0.05, 0.1) is 30.7 Å². The number of pyridine rings is 1. The minimum Gasteiger partial charge on any atom is -0.493 e. The molecule has 2 aromatic heterocycles. The molecule has 4 aromatic rings. The highest BCUT2D eigenvalue weighted by Crippen LogP contribution is 2.42. The minimum atomic E-state index is -0.856. The van der Waals surface area contributed by atoms with Crippen LogP contribution < -0.4 is 19.8 Å². The van der Waals surface area contributed by atoms with Crippen LogP contribution in [-0.4, -0.2) is 24.6 Å². The van der Waals surface area contributed by atoms with E-state index in [9.17, 15) is 14.0 Å². The lowest BCUT2D eigenvalue weighted by Crippen LogP contribution is -2.30. The minimum absolute atomic E-state index is 0.0664. The molecule has 0 aliphatic carbocycles. The molecular formula is C28H25FN2O5. The van der Waals surface area contributed by atoms with Gasteiger partial charge in [-0.1, -0.05) is 25.5 Å². The van der Waals surface area contributed by atoms with E-state index in [1.807, 2.05) is 13.0 Å². The first-order chi connectivity index (χ1) is 17.4. The summed E-state index contributed by atoms with van der Waals surface area (Å²) in [6.07, 6.45) is 3.53. The van der Waals surface area contributed by atoms with Gasteiger partial charge in [-0.25, -0.2) is 9.37 Å². The summed E-state index contributed by atoms with van der Waals surface area (Å²) >= 11 is 0. The van der Waals surface area contributed by atoms with E-state index in [1.165, 1.54) is 24.1 Å². The van der Waals surface area contributed by atoms with Gasteiger partial charge in [-0.15, -0.1) is 0 Å². The molecule has 0 bridgehead atoms. The number of aryl methyl sites for hydroxylation is 1. The van der Waals surface area contributed by atoms with E-state index < -0.39 is 23.2 Å². The van der Waals surface area contributed by atoms with E-state index in [2.05, 4.69) is 11.9 Å². The molecule has 1 unspecified atom stereocenters. The van der Waals surface area contributed by atoms with Gasteiger partial charge >= 0.3 is 0 Å². The van der Waals surface area contributed by atoms with E-state index in [4.69, 9.17) is 13.9 Å². The molecule has 8 heteroatoms. The SMILES string of the molecule is CCCCOc1ccc(C2c3c(oc4ccc(F)cc4c3=O)C(=O)N2c2ccc(C)cn2)cc1OC. The Bertz CT molecular complexity index is 1510. The Kier molecular flexibility index (Phi) is 6.18. The fourth-order valence-corrected chi connectivity index (χ4v) is 4.40. The Morgan fingerprint density at radius 1 is 1.08 bits per heavy atom. The summed E-state index contributed by atoms with van der Waals surface area (Å²) in [5.74, 6) is 0.233. The van der Waals surface area contributed by atoms with Crippen LogP contribution in [0.1, 0.15) is 53.1 Å². The first-order valence-corrected chi connectivity index (χ1v) is 11.8. The zero-order valence-corrected chi connectivity index (χ0v) is 20.2. The molecule has 0 saturated carbocycles. The highest BCUT2D eigenvalue weighted by Gasteiger charge is 2.44. The number of rotatable bonds is 7. The Balaban J connectivity index is 1.71. The number of nitrogens with zero attached hydrogens (tertiary/aromatic N) is 2. The maximum absolute atomic E-state index is 14.0. The van der Waals surface area contributed by atoms with Crippen molar-refractivity contribution in [3.05, 3.63) is 93.2 Å². The fraction of sp³-hybridized carbons (Fsp3) is 0.250. The van der Waals surface area contributed by atoms with E-state index in [-0.39, 0.29) is 22.3 Å². The monoisotopic (exact) mass is 488 g/mol. The van der Waals surface area contributed by atoms with E-state index in [0.717, 1.165) is 24.5 Å². The van der Waals surface area contributed by atoms with Crippen LogP contribution in [0.5, 0.6) is 11.5 Å². The van der Waals surface area contributed by atoms with Gasteiger partial charge in [0.15, 0.2) is 16.9 Å². The normalized spacial score (nSPS) is 14.8. The van der Waals surface area contributed by atoms with Crippen molar-refractivity contribution in [1.82, 2.24) is 4.98 Å². The third-order valence-corrected chi connectivity index (χ3v) is 6.23. The number of amides is 1. The summed E-state index contributed by atoms with van der Waals surface area (Å²) in [6, 6.07) is 11.7. The maximum atomic E-state index is 14.0. The summed E-state index contributed by atoms with van der Waals surface area (Å²) in [7, 11) is 1.53. The van der Waals surface area contributed by atoms with E-state index in [0.29, 0.717) is 29.5 Å². The molecule has 0 spiro atoms. The molecule has 1 aliphatic heterocycles. The molecule has 184 valence electrons. The maximum Gasteiger partial charge on any atom is 0.296 e. The van der Waals surface area contributed by atoms with Crippen molar-refractivity contribution in [2.75, 3.05) is 18.6 Å². The van der Waals surface area contributed by atoms with Gasteiger partial charge in [0.2, 0.25) is 5.76 Å². The number of benzene rings is 2. The van der Waals surface area contributed by atoms with Gasteiger partial charge in [-0.2, -0.15) is 0 Å². The molecule has 5 rings (SSSR count). The van der Waals surface area contributed by atoms with Crippen LogP contribution in [0, 0.1) is 12.7 Å². The highest BCUT2D eigenvalue weighted by molar-refractivity contribution is 6.10. The Labute approximate surface area is 207 Å². The second-order valence-corrected chi connectivity index (χ2v) is 8.70. The number of hydrogen-bond donors (Lipinski definition) is 0. The van der Waals surface area contributed by atoms with Crippen molar-refractivity contribution in [2.45, 2.75) is 32.7 Å². The largest absolute Gasteiger partial charge is 0.493 e. The van der Waals surface area contributed by atoms with Crippen LogP contribution in [0.3, 0.4) is 0 Å². The van der Waals surface area contributed by atoms with Crippen LogP contribution in [0.15, 0.2) is 63.9 Å². The smallest absolute Gasteiger partial charge is 0.296 e. The number of ether oxygens (including phenoxy) is 2. The first kappa shape index (κ1) is 23.5. The van der Waals surface area contributed by atoms with Crippen molar-refractivity contribution < 1.29 is 23.1 Å². The molecule has 0 N–H and O–H groups in total. The van der Waals surface area contributed by atoms with Gasteiger partial charge in [0.25, 0.3) is 5.91 Å². The number of carbonyl (C=O) groups is 1. The average molecular weight is 489 g/mol. The lowest BCUT2D eigenvalue weighted by Gasteiger charge is -2.25. The molecule has 0 saturated heterocycles. The predicted octanol–water partition coefficient (Wildman–Crippen LogP) is 5.57. The quantitative estimate of drug-likeness (QED) is 0.316. The standard InChI is InChI=1S/C28H25FN2O5/c1-4-5-12-35-21-9-7-17(13-22(21)34-3)25-24-26(32)19-14-18(29)8-10-20(19)36-27(24)28(33)31(25)23-11-6-16(2)15-30-23/h6-11,13-15,25H,4-5,12H2,1-3H3. The molecule has 2 aromatic carbocycles. The zero-order valence-electron chi connectivity index (χ0n) is 20.2. The van der Waals surface area contributed by atoms with Crippen molar-refractivity contribution in [3.8, 4) is 11.5 Å². The van der Waals surface area contributed by atoms with Crippen molar-refractivity contribution in [3.63, 3.8) is 0 Å². The number of anilines is 1. The van der Waals surface area contributed by atoms with Crippen LogP contribution in [0.25, 0.3) is 11.0 Å². The predicted molar refractivity (Wildman–Crippen MR) is 133 cm³/mol. The highest BCUT2D eigenvalue weighted by atomic mass is 19.1. The summed E-state index contributed by atoms with van der Waals surface area (Å²) in [5.41, 5.74) is 1.32. The third kappa shape index (κ3) is 3.98. The molecule has 1 atom stereocenters. The Morgan fingerprint density at radius 3 is 2.64 bits per heavy atom. The van der Waals surface area contributed by atoms with Crippen LogP contribution in [-0.2, 0) is 0 Å². The summed E-state index contributed by atoms with van der Waals surface area (Å²) < 4.78 is 31.3. The second kappa shape index (κ2) is 9.45. The summed E-state index contributed by atoms with van der Waals surface area (Å²) in [5, 5.41) is 0.0664. The van der Waals surface area contributed by atoms with Crippen LogP contribution in [0.4, 0.5) is 10.2 Å².